The van der Waals surface area contributed by atoms with Crippen molar-refractivity contribution in [3.8, 4) is 0 Å². The Labute approximate surface area is 123 Å². The van der Waals surface area contributed by atoms with Crippen molar-refractivity contribution in [1.29, 1.82) is 0 Å². The zero-order valence-corrected chi connectivity index (χ0v) is 12.0. The third-order valence-electron chi connectivity index (χ3n) is 4.55. The van der Waals surface area contributed by atoms with E-state index in [2.05, 4.69) is 5.32 Å². The van der Waals surface area contributed by atoms with E-state index in [1.54, 1.807) is 4.90 Å². The summed E-state index contributed by atoms with van der Waals surface area (Å²) in [6, 6.07) is 7.87. The van der Waals surface area contributed by atoms with Crippen molar-refractivity contribution in [3.05, 3.63) is 35.4 Å². The van der Waals surface area contributed by atoms with Crippen LogP contribution in [0.3, 0.4) is 0 Å². The summed E-state index contributed by atoms with van der Waals surface area (Å²) in [4.78, 5) is 25.3. The number of carboxylic acids is 1. The minimum Gasteiger partial charge on any atom is -0.481 e. The maximum absolute atomic E-state index is 12.5. The first kappa shape index (κ1) is 13.9. The van der Waals surface area contributed by atoms with Gasteiger partial charge in [0.2, 0.25) is 0 Å². The van der Waals surface area contributed by atoms with E-state index >= 15 is 0 Å². The van der Waals surface area contributed by atoms with Gasteiger partial charge >= 0.3 is 12.0 Å². The van der Waals surface area contributed by atoms with E-state index in [-0.39, 0.29) is 12.5 Å². The average Bonchev–Trinajstić information content (AvgIpc) is 3.04. The van der Waals surface area contributed by atoms with Crippen molar-refractivity contribution >= 4 is 12.0 Å². The van der Waals surface area contributed by atoms with Crippen molar-refractivity contribution in [2.75, 3.05) is 0 Å². The van der Waals surface area contributed by atoms with Crippen LogP contribution in [0.1, 0.15) is 43.2 Å². The van der Waals surface area contributed by atoms with Gasteiger partial charge in [-0.25, -0.2) is 4.79 Å². The maximum Gasteiger partial charge on any atom is 0.318 e. The fraction of sp³-hybridized carbons (Fsp3) is 0.500. The number of benzene rings is 1. The summed E-state index contributed by atoms with van der Waals surface area (Å²) in [6.45, 7) is 1.20. The Hall–Kier alpha value is -2.04. The Morgan fingerprint density at radius 2 is 1.71 bits per heavy atom. The number of amides is 2. The topological polar surface area (TPSA) is 69.6 Å². The van der Waals surface area contributed by atoms with E-state index in [4.69, 9.17) is 5.11 Å². The third kappa shape index (κ3) is 2.86. The molecule has 0 saturated heterocycles. The molecule has 1 fully saturated rings. The predicted octanol–water partition coefficient (Wildman–Crippen LogP) is 2.50. The number of carbonyl (C=O) groups excluding carboxylic acids is 1. The van der Waals surface area contributed by atoms with Crippen LogP contribution in [-0.2, 0) is 17.9 Å². The highest BCUT2D eigenvalue weighted by atomic mass is 16.4. The highest BCUT2D eigenvalue weighted by molar-refractivity contribution is 5.77. The van der Waals surface area contributed by atoms with Gasteiger partial charge in [-0.1, -0.05) is 37.1 Å². The lowest BCUT2D eigenvalue weighted by Gasteiger charge is -2.31. The van der Waals surface area contributed by atoms with Crippen LogP contribution in [0.2, 0.25) is 0 Å². The number of urea groups is 1. The fourth-order valence-corrected chi connectivity index (χ4v) is 3.47. The SMILES string of the molecule is O=C(O)CC1(NC(=O)N2Cc3ccccc3C2)CCCC1. The van der Waals surface area contributed by atoms with Gasteiger partial charge in [-0.15, -0.1) is 0 Å². The molecule has 1 aliphatic heterocycles. The van der Waals surface area contributed by atoms with Gasteiger partial charge in [-0.2, -0.15) is 0 Å². The molecule has 3 rings (SSSR count). The number of rotatable bonds is 3. The van der Waals surface area contributed by atoms with E-state index in [0.29, 0.717) is 13.1 Å². The number of carbonyl (C=O) groups is 2. The third-order valence-corrected chi connectivity index (χ3v) is 4.55. The van der Waals surface area contributed by atoms with Gasteiger partial charge in [0.15, 0.2) is 0 Å². The van der Waals surface area contributed by atoms with Crippen molar-refractivity contribution in [1.82, 2.24) is 10.2 Å². The second-order valence-electron chi connectivity index (χ2n) is 6.11. The lowest BCUT2D eigenvalue weighted by molar-refractivity contribution is -0.138. The molecule has 5 heteroatoms. The molecule has 1 aromatic rings. The first-order valence-electron chi connectivity index (χ1n) is 7.44. The number of fused-ring (bicyclic) bond motifs is 1. The second-order valence-corrected chi connectivity index (χ2v) is 6.11. The number of hydrogen-bond acceptors (Lipinski definition) is 2. The van der Waals surface area contributed by atoms with E-state index < -0.39 is 11.5 Å². The molecule has 1 saturated carbocycles. The molecule has 112 valence electrons. The van der Waals surface area contributed by atoms with Crippen LogP contribution in [0, 0.1) is 0 Å². The Morgan fingerprint density at radius 3 is 2.24 bits per heavy atom. The smallest absolute Gasteiger partial charge is 0.318 e. The second kappa shape index (κ2) is 5.39. The zero-order valence-electron chi connectivity index (χ0n) is 12.0. The van der Waals surface area contributed by atoms with Crippen LogP contribution in [0.15, 0.2) is 24.3 Å². The molecule has 2 amide bonds. The summed E-state index contributed by atoms with van der Waals surface area (Å²) in [5, 5.41) is 12.1. The van der Waals surface area contributed by atoms with Crippen molar-refractivity contribution in [2.24, 2.45) is 0 Å². The molecule has 0 unspecified atom stereocenters. The molecule has 1 heterocycles. The molecule has 5 nitrogen and oxygen atoms in total. The lowest BCUT2D eigenvalue weighted by atomic mass is 9.93. The summed E-state index contributed by atoms with van der Waals surface area (Å²) in [5.74, 6) is -0.845. The Kier molecular flexibility index (Phi) is 3.57. The molecular formula is C16H20N2O3. The molecule has 0 radical (unpaired) electrons. The molecule has 1 aromatic carbocycles. The molecule has 0 bridgehead atoms. The molecule has 1 aliphatic carbocycles. The molecular weight excluding hydrogens is 268 g/mol. The lowest BCUT2D eigenvalue weighted by Crippen LogP contribution is -2.51. The van der Waals surface area contributed by atoms with Gasteiger partial charge in [0.1, 0.15) is 0 Å². The van der Waals surface area contributed by atoms with Crippen molar-refractivity contribution in [2.45, 2.75) is 50.7 Å². The van der Waals surface area contributed by atoms with E-state index in [9.17, 15) is 9.59 Å². The largest absolute Gasteiger partial charge is 0.481 e. The number of hydrogen-bond donors (Lipinski definition) is 2. The minimum atomic E-state index is -0.845. The van der Waals surface area contributed by atoms with E-state index in [1.165, 1.54) is 11.1 Å². The summed E-state index contributed by atoms with van der Waals surface area (Å²) >= 11 is 0. The van der Waals surface area contributed by atoms with Crippen LogP contribution in [0.5, 0.6) is 0 Å². The van der Waals surface area contributed by atoms with E-state index in [1.807, 2.05) is 24.3 Å². The van der Waals surface area contributed by atoms with Crippen molar-refractivity contribution < 1.29 is 14.7 Å². The van der Waals surface area contributed by atoms with Crippen LogP contribution in [0.25, 0.3) is 0 Å². The summed E-state index contributed by atoms with van der Waals surface area (Å²) in [6.07, 6.45) is 3.48. The molecule has 21 heavy (non-hydrogen) atoms. The normalized spacial score (nSPS) is 19.3. The van der Waals surface area contributed by atoms with Crippen LogP contribution in [-0.4, -0.2) is 27.5 Å². The first-order valence-corrected chi connectivity index (χ1v) is 7.44. The highest BCUT2D eigenvalue weighted by Gasteiger charge is 2.39. The van der Waals surface area contributed by atoms with Crippen molar-refractivity contribution in [3.63, 3.8) is 0 Å². The first-order chi connectivity index (χ1) is 10.1. The van der Waals surface area contributed by atoms with Gasteiger partial charge in [0.25, 0.3) is 0 Å². The average molecular weight is 288 g/mol. The zero-order chi connectivity index (χ0) is 14.9. The number of nitrogens with one attached hydrogen (secondary N) is 1. The Balaban J connectivity index is 1.68. The highest BCUT2D eigenvalue weighted by Crippen LogP contribution is 2.33. The Bertz CT molecular complexity index is 539. The summed E-state index contributed by atoms with van der Waals surface area (Å²) in [5.41, 5.74) is 1.79. The van der Waals surface area contributed by atoms with E-state index in [0.717, 1.165) is 25.7 Å². The quantitative estimate of drug-likeness (QED) is 0.897. The van der Waals surface area contributed by atoms with Crippen LogP contribution >= 0.6 is 0 Å². The van der Waals surface area contributed by atoms with Gasteiger partial charge in [-0.3, -0.25) is 4.79 Å². The van der Waals surface area contributed by atoms with Gasteiger partial charge in [-0.05, 0) is 24.0 Å². The molecule has 2 aliphatic rings. The summed E-state index contributed by atoms with van der Waals surface area (Å²) < 4.78 is 0. The standard InChI is InChI=1S/C16H20N2O3/c19-14(20)9-16(7-3-4-8-16)17-15(21)18-10-12-5-1-2-6-13(12)11-18/h1-2,5-6H,3-4,7-11H2,(H,17,21)(H,19,20). The molecule has 0 spiro atoms. The van der Waals surface area contributed by atoms with Crippen LogP contribution in [0.4, 0.5) is 4.79 Å². The monoisotopic (exact) mass is 288 g/mol. The Morgan fingerprint density at radius 1 is 1.14 bits per heavy atom. The summed E-state index contributed by atoms with van der Waals surface area (Å²) in [7, 11) is 0. The van der Waals surface area contributed by atoms with Gasteiger partial charge in [0, 0.05) is 13.1 Å². The molecule has 0 aromatic heterocycles. The maximum atomic E-state index is 12.5. The molecule has 2 N–H and O–H groups in total. The molecule has 0 atom stereocenters. The number of aliphatic carboxylic acids is 1. The van der Waals surface area contributed by atoms with Gasteiger partial charge in [0.05, 0.1) is 12.0 Å². The van der Waals surface area contributed by atoms with Crippen LogP contribution < -0.4 is 5.32 Å². The predicted molar refractivity (Wildman–Crippen MR) is 77.7 cm³/mol. The van der Waals surface area contributed by atoms with Gasteiger partial charge < -0.3 is 15.3 Å². The number of carboxylic acid groups (broad SMARTS) is 1. The fourth-order valence-electron chi connectivity index (χ4n) is 3.47. The number of nitrogens with zero attached hydrogens (tertiary/aromatic N) is 1. The minimum absolute atomic E-state index is 0.0134.